The van der Waals surface area contributed by atoms with Crippen LogP contribution in [0.15, 0.2) is 24.7 Å². The van der Waals surface area contributed by atoms with Crippen LogP contribution in [0, 0.1) is 0 Å². The zero-order valence-corrected chi connectivity index (χ0v) is 9.74. The summed E-state index contributed by atoms with van der Waals surface area (Å²) in [4.78, 5) is 4.09. The van der Waals surface area contributed by atoms with Gasteiger partial charge in [0.1, 0.15) is 6.33 Å². The molecule has 1 fully saturated rings. The maximum Gasteiger partial charge on any atom is 0.154 e. The molecule has 1 aliphatic heterocycles. The van der Waals surface area contributed by atoms with Crippen molar-refractivity contribution in [2.45, 2.75) is 18.8 Å². The van der Waals surface area contributed by atoms with Crippen LogP contribution < -0.4 is 5.32 Å². The van der Waals surface area contributed by atoms with Gasteiger partial charge in [-0.05, 0) is 43.0 Å². The van der Waals surface area contributed by atoms with Gasteiger partial charge in [-0.25, -0.2) is 4.98 Å². The monoisotopic (exact) mass is 235 g/mol. The molecule has 84 valence electrons. The second-order valence-electron chi connectivity index (χ2n) is 4.33. The van der Waals surface area contributed by atoms with Crippen molar-refractivity contribution in [3.8, 4) is 0 Å². The second-order valence-corrected chi connectivity index (χ2v) is 4.69. The van der Waals surface area contributed by atoms with Crippen LogP contribution in [0.5, 0.6) is 0 Å². The first kappa shape index (κ1) is 10.1. The summed E-state index contributed by atoms with van der Waals surface area (Å²) in [6, 6.07) is 4.33. The lowest BCUT2D eigenvalue weighted by Gasteiger charge is -2.23. The minimum absolute atomic E-state index is 0.589. The Morgan fingerprint density at radius 2 is 2.44 bits per heavy atom. The third-order valence-corrected chi connectivity index (χ3v) is 3.58. The van der Waals surface area contributed by atoms with E-state index in [1.165, 1.54) is 18.4 Å². The number of hydrogen-bond acceptors (Lipinski definition) is 2. The Morgan fingerprint density at radius 3 is 3.25 bits per heavy atom. The Kier molecular flexibility index (Phi) is 2.58. The number of halogens is 1. The van der Waals surface area contributed by atoms with Crippen LogP contribution in [0.3, 0.4) is 0 Å². The van der Waals surface area contributed by atoms with Crippen molar-refractivity contribution < 1.29 is 0 Å². The fourth-order valence-electron chi connectivity index (χ4n) is 2.36. The summed E-state index contributed by atoms with van der Waals surface area (Å²) in [5.41, 5.74) is 2.37. The molecule has 0 aromatic carbocycles. The summed E-state index contributed by atoms with van der Waals surface area (Å²) in [5, 5.41) is 4.02. The fourth-order valence-corrected chi connectivity index (χ4v) is 2.56. The van der Waals surface area contributed by atoms with Gasteiger partial charge in [0.05, 0.1) is 5.52 Å². The van der Waals surface area contributed by atoms with Gasteiger partial charge < -0.3 is 9.72 Å². The highest BCUT2D eigenvalue weighted by Gasteiger charge is 2.15. The number of aromatic nitrogens is 2. The first-order valence-corrected chi connectivity index (χ1v) is 6.05. The average Bonchev–Trinajstić information content (AvgIpc) is 2.72. The van der Waals surface area contributed by atoms with Gasteiger partial charge in [-0.1, -0.05) is 11.6 Å². The largest absolute Gasteiger partial charge is 0.316 e. The van der Waals surface area contributed by atoms with Crippen molar-refractivity contribution in [2.75, 3.05) is 13.1 Å². The average molecular weight is 236 g/mol. The van der Waals surface area contributed by atoms with Gasteiger partial charge in [0.2, 0.25) is 0 Å². The highest BCUT2D eigenvalue weighted by atomic mass is 35.5. The zero-order chi connectivity index (χ0) is 11.0. The molecule has 1 saturated heterocycles. The maximum absolute atomic E-state index is 6.04. The summed E-state index contributed by atoms with van der Waals surface area (Å²) in [5.74, 6) is 0.615. The molecule has 0 aliphatic carbocycles. The molecule has 0 spiro atoms. The van der Waals surface area contributed by atoms with E-state index < -0.39 is 0 Å². The lowest BCUT2D eigenvalue weighted by Crippen LogP contribution is -2.28. The van der Waals surface area contributed by atoms with Crippen LogP contribution in [-0.4, -0.2) is 22.5 Å². The van der Waals surface area contributed by atoms with Gasteiger partial charge in [-0.3, -0.25) is 0 Å². The molecule has 0 saturated carbocycles. The van der Waals surface area contributed by atoms with Crippen LogP contribution >= 0.6 is 11.6 Å². The molecular formula is C12H14ClN3. The highest BCUT2D eigenvalue weighted by molar-refractivity contribution is 6.32. The van der Waals surface area contributed by atoms with Crippen molar-refractivity contribution in [3.63, 3.8) is 0 Å². The van der Waals surface area contributed by atoms with Crippen molar-refractivity contribution in [2.24, 2.45) is 0 Å². The minimum atomic E-state index is 0.589. The van der Waals surface area contributed by atoms with Gasteiger partial charge in [-0.15, -0.1) is 0 Å². The number of hydrogen-bond donors (Lipinski definition) is 1. The van der Waals surface area contributed by atoms with Gasteiger partial charge in [-0.2, -0.15) is 0 Å². The Labute approximate surface area is 99.4 Å². The molecule has 4 heteroatoms. The van der Waals surface area contributed by atoms with E-state index in [4.69, 9.17) is 11.6 Å². The van der Waals surface area contributed by atoms with Gasteiger partial charge in [0.15, 0.2) is 5.15 Å². The van der Waals surface area contributed by atoms with E-state index in [9.17, 15) is 0 Å². The highest BCUT2D eigenvalue weighted by Crippen LogP contribution is 2.26. The van der Waals surface area contributed by atoms with E-state index in [1.807, 2.05) is 10.6 Å². The minimum Gasteiger partial charge on any atom is -0.316 e. The number of piperidine rings is 1. The summed E-state index contributed by atoms with van der Waals surface area (Å²) in [6.45, 7) is 2.22. The number of imidazole rings is 1. The molecule has 0 amide bonds. The van der Waals surface area contributed by atoms with Gasteiger partial charge in [0, 0.05) is 12.7 Å². The smallest absolute Gasteiger partial charge is 0.154 e. The van der Waals surface area contributed by atoms with E-state index in [0.29, 0.717) is 11.1 Å². The van der Waals surface area contributed by atoms with Crippen LogP contribution in [0.4, 0.5) is 0 Å². The molecule has 3 nitrogen and oxygen atoms in total. The predicted molar refractivity (Wildman–Crippen MR) is 65.0 cm³/mol. The Bertz CT molecular complexity index is 500. The fraction of sp³-hybridized carbons (Fsp3) is 0.417. The van der Waals surface area contributed by atoms with Crippen molar-refractivity contribution in [1.29, 1.82) is 0 Å². The Balaban J connectivity index is 1.99. The molecule has 0 bridgehead atoms. The summed E-state index contributed by atoms with van der Waals surface area (Å²) in [6.07, 6.45) is 6.30. The molecule has 2 aromatic heterocycles. The predicted octanol–water partition coefficient (Wildman–Crippen LogP) is 2.45. The van der Waals surface area contributed by atoms with E-state index >= 15 is 0 Å². The SMILES string of the molecule is Clc1ncn2ccc(C3CCCNC3)cc12. The molecule has 3 rings (SSSR count). The molecule has 16 heavy (non-hydrogen) atoms. The molecule has 2 aromatic rings. The first-order chi connectivity index (χ1) is 7.84. The first-order valence-electron chi connectivity index (χ1n) is 5.67. The Morgan fingerprint density at radius 1 is 1.50 bits per heavy atom. The van der Waals surface area contributed by atoms with Crippen LogP contribution in [0.1, 0.15) is 24.3 Å². The molecule has 1 aliphatic rings. The Hall–Kier alpha value is -1.06. The van der Waals surface area contributed by atoms with Gasteiger partial charge >= 0.3 is 0 Å². The van der Waals surface area contributed by atoms with E-state index in [-0.39, 0.29) is 0 Å². The lowest BCUT2D eigenvalue weighted by molar-refractivity contribution is 0.461. The number of rotatable bonds is 1. The number of nitrogens with one attached hydrogen (secondary N) is 1. The zero-order valence-electron chi connectivity index (χ0n) is 8.99. The quantitative estimate of drug-likeness (QED) is 0.823. The second kappa shape index (κ2) is 4.07. The third kappa shape index (κ3) is 1.70. The number of pyridine rings is 1. The third-order valence-electron chi connectivity index (χ3n) is 3.28. The topological polar surface area (TPSA) is 29.3 Å². The lowest BCUT2D eigenvalue weighted by atomic mass is 9.92. The van der Waals surface area contributed by atoms with E-state index in [0.717, 1.165) is 18.6 Å². The van der Waals surface area contributed by atoms with Crippen LogP contribution in [0.2, 0.25) is 5.15 Å². The van der Waals surface area contributed by atoms with Crippen molar-refractivity contribution in [3.05, 3.63) is 35.4 Å². The molecular weight excluding hydrogens is 222 g/mol. The molecule has 1 atom stereocenters. The summed E-state index contributed by atoms with van der Waals surface area (Å²) < 4.78 is 1.96. The van der Waals surface area contributed by atoms with Crippen LogP contribution in [0.25, 0.3) is 5.52 Å². The summed E-state index contributed by atoms with van der Waals surface area (Å²) >= 11 is 6.04. The van der Waals surface area contributed by atoms with Crippen molar-refractivity contribution in [1.82, 2.24) is 14.7 Å². The van der Waals surface area contributed by atoms with Crippen LogP contribution in [-0.2, 0) is 0 Å². The molecule has 1 N–H and O–H groups in total. The van der Waals surface area contributed by atoms with Crippen molar-refractivity contribution >= 4 is 17.1 Å². The molecule has 1 unspecified atom stereocenters. The number of fused-ring (bicyclic) bond motifs is 1. The summed E-state index contributed by atoms with van der Waals surface area (Å²) in [7, 11) is 0. The standard InChI is InChI=1S/C12H14ClN3/c13-12-11-6-9(3-5-16(11)8-15-12)10-2-1-4-14-7-10/h3,5-6,8,10,14H,1-2,4,7H2. The van der Waals surface area contributed by atoms with E-state index in [1.54, 1.807) is 6.33 Å². The number of nitrogens with zero attached hydrogens (tertiary/aromatic N) is 2. The molecule has 3 heterocycles. The van der Waals surface area contributed by atoms with Gasteiger partial charge in [0.25, 0.3) is 0 Å². The maximum atomic E-state index is 6.04. The van der Waals surface area contributed by atoms with E-state index in [2.05, 4.69) is 22.4 Å². The molecule has 0 radical (unpaired) electrons. The normalized spacial score (nSPS) is 21.4.